The van der Waals surface area contributed by atoms with Crippen LogP contribution in [0.15, 0.2) is 12.3 Å². The van der Waals surface area contributed by atoms with E-state index >= 15 is 0 Å². The zero-order valence-corrected chi connectivity index (χ0v) is 11.6. The van der Waals surface area contributed by atoms with E-state index < -0.39 is 11.7 Å². The molecule has 0 aliphatic carbocycles. The lowest BCUT2D eigenvalue weighted by atomic mass is 10.2. The van der Waals surface area contributed by atoms with Gasteiger partial charge in [-0.15, -0.1) is 0 Å². The lowest BCUT2D eigenvalue weighted by molar-refractivity contribution is -0.120. The average Bonchev–Trinajstić information content (AvgIpc) is 2.41. The van der Waals surface area contributed by atoms with Gasteiger partial charge in [-0.1, -0.05) is 0 Å². The van der Waals surface area contributed by atoms with E-state index in [4.69, 9.17) is 0 Å². The highest BCUT2D eigenvalue weighted by Crippen LogP contribution is 2.13. The molecule has 1 aromatic rings. The first-order chi connectivity index (χ1) is 9.58. The Morgan fingerprint density at radius 3 is 2.65 bits per heavy atom. The van der Waals surface area contributed by atoms with Crippen LogP contribution in [-0.2, 0) is 4.79 Å². The molecule has 1 heterocycles. The highest BCUT2D eigenvalue weighted by Gasteiger charge is 2.13. The van der Waals surface area contributed by atoms with E-state index in [-0.39, 0.29) is 24.4 Å². The van der Waals surface area contributed by atoms with Crippen molar-refractivity contribution in [3.05, 3.63) is 23.6 Å². The predicted octanol–water partition coefficient (Wildman–Crippen LogP) is 0.908. The summed E-state index contributed by atoms with van der Waals surface area (Å²) in [6, 6.07) is 1.12. The van der Waals surface area contributed by atoms with Gasteiger partial charge in [0.1, 0.15) is 11.6 Å². The van der Waals surface area contributed by atoms with Crippen LogP contribution in [0.5, 0.6) is 0 Å². The van der Waals surface area contributed by atoms with Gasteiger partial charge in [-0.3, -0.25) is 9.59 Å². The minimum absolute atomic E-state index is 0.128. The highest BCUT2D eigenvalue weighted by atomic mass is 19.1. The second kappa shape index (κ2) is 8.08. The number of nitrogens with zero attached hydrogens (tertiary/aromatic N) is 1. The number of anilines is 1. The maximum atomic E-state index is 13.2. The van der Waals surface area contributed by atoms with Crippen molar-refractivity contribution in [3.8, 4) is 0 Å². The van der Waals surface area contributed by atoms with Crippen LogP contribution >= 0.6 is 0 Å². The van der Waals surface area contributed by atoms with Crippen LogP contribution in [0, 0.1) is 5.82 Å². The smallest absolute Gasteiger partial charge is 0.255 e. The van der Waals surface area contributed by atoms with E-state index in [2.05, 4.69) is 20.9 Å². The fraction of sp³-hybridized carbons (Fsp3) is 0.462. The molecular formula is C13H19FN4O2. The molecule has 1 rings (SSSR count). The number of nitrogens with one attached hydrogen (secondary N) is 3. The Morgan fingerprint density at radius 1 is 1.25 bits per heavy atom. The van der Waals surface area contributed by atoms with Crippen molar-refractivity contribution in [1.29, 1.82) is 0 Å². The lowest BCUT2D eigenvalue weighted by Crippen LogP contribution is -2.31. The number of aromatic nitrogens is 1. The summed E-state index contributed by atoms with van der Waals surface area (Å²) in [5.74, 6) is -0.862. The molecule has 7 heteroatoms. The quantitative estimate of drug-likeness (QED) is 0.694. The fourth-order valence-electron chi connectivity index (χ4n) is 1.59. The van der Waals surface area contributed by atoms with E-state index in [9.17, 15) is 14.0 Å². The molecule has 1 aromatic heterocycles. The molecule has 0 spiro atoms. The SMILES string of the molecule is CCNC(=O)CCNC(=O)c1cc(F)cnc1NCC. The number of halogens is 1. The number of carbonyl (C=O) groups is 2. The summed E-state index contributed by atoms with van der Waals surface area (Å²) >= 11 is 0. The topological polar surface area (TPSA) is 83.1 Å². The summed E-state index contributed by atoms with van der Waals surface area (Å²) < 4.78 is 13.2. The number of amides is 2. The molecule has 2 amide bonds. The Bertz CT molecular complexity index is 479. The van der Waals surface area contributed by atoms with Crippen LogP contribution in [0.3, 0.4) is 0 Å². The third-order valence-electron chi connectivity index (χ3n) is 2.45. The van der Waals surface area contributed by atoms with Gasteiger partial charge < -0.3 is 16.0 Å². The summed E-state index contributed by atoms with van der Waals surface area (Å²) in [7, 11) is 0. The van der Waals surface area contributed by atoms with E-state index in [1.165, 1.54) is 0 Å². The van der Waals surface area contributed by atoms with Crippen molar-refractivity contribution >= 4 is 17.6 Å². The lowest BCUT2D eigenvalue weighted by Gasteiger charge is -2.10. The van der Waals surface area contributed by atoms with Gasteiger partial charge in [0, 0.05) is 26.1 Å². The Hall–Kier alpha value is -2.18. The molecular weight excluding hydrogens is 263 g/mol. The molecule has 0 unspecified atom stereocenters. The van der Waals surface area contributed by atoms with Crippen LogP contribution < -0.4 is 16.0 Å². The Morgan fingerprint density at radius 2 is 2.00 bits per heavy atom. The van der Waals surface area contributed by atoms with Gasteiger partial charge in [0.2, 0.25) is 5.91 Å². The number of hydrogen-bond donors (Lipinski definition) is 3. The summed E-state index contributed by atoms with van der Waals surface area (Å²) in [5, 5.41) is 8.08. The maximum absolute atomic E-state index is 13.2. The number of hydrogen-bond acceptors (Lipinski definition) is 4. The molecule has 0 fully saturated rings. The Balaban J connectivity index is 2.62. The number of rotatable bonds is 7. The second-order valence-electron chi connectivity index (χ2n) is 4.04. The number of carbonyl (C=O) groups excluding carboxylic acids is 2. The van der Waals surface area contributed by atoms with E-state index in [1.807, 2.05) is 13.8 Å². The molecule has 0 saturated carbocycles. The van der Waals surface area contributed by atoms with Gasteiger partial charge in [0.15, 0.2) is 0 Å². The van der Waals surface area contributed by atoms with Gasteiger partial charge in [-0.25, -0.2) is 9.37 Å². The van der Waals surface area contributed by atoms with Crippen molar-refractivity contribution in [3.63, 3.8) is 0 Å². The third-order valence-corrected chi connectivity index (χ3v) is 2.45. The third kappa shape index (κ3) is 4.83. The molecule has 0 atom stereocenters. The monoisotopic (exact) mass is 282 g/mol. The molecule has 0 bridgehead atoms. The number of pyridine rings is 1. The molecule has 0 radical (unpaired) electrons. The van der Waals surface area contributed by atoms with E-state index in [1.54, 1.807) is 0 Å². The van der Waals surface area contributed by atoms with Crippen molar-refractivity contribution < 1.29 is 14.0 Å². The van der Waals surface area contributed by atoms with Crippen LogP contribution in [0.2, 0.25) is 0 Å². The summed E-state index contributed by atoms with van der Waals surface area (Å²) in [6.45, 7) is 4.97. The highest BCUT2D eigenvalue weighted by molar-refractivity contribution is 5.98. The first-order valence-corrected chi connectivity index (χ1v) is 6.52. The molecule has 0 aliphatic heterocycles. The largest absolute Gasteiger partial charge is 0.370 e. The molecule has 3 N–H and O–H groups in total. The molecule has 0 aromatic carbocycles. The molecule has 6 nitrogen and oxygen atoms in total. The van der Waals surface area contributed by atoms with Gasteiger partial charge in [-0.2, -0.15) is 0 Å². The molecule has 0 aliphatic rings. The Labute approximate surface area is 117 Å². The maximum Gasteiger partial charge on any atom is 0.255 e. The van der Waals surface area contributed by atoms with Crippen molar-refractivity contribution in [2.45, 2.75) is 20.3 Å². The van der Waals surface area contributed by atoms with Crippen LogP contribution in [0.25, 0.3) is 0 Å². The zero-order chi connectivity index (χ0) is 15.0. The van der Waals surface area contributed by atoms with Gasteiger partial charge >= 0.3 is 0 Å². The van der Waals surface area contributed by atoms with Crippen molar-refractivity contribution in [2.24, 2.45) is 0 Å². The van der Waals surface area contributed by atoms with Gasteiger partial charge in [0.05, 0.1) is 11.8 Å². The minimum Gasteiger partial charge on any atom is -0.370 e. The fourth-order valence-corrected chi connectivity index (χ4v) is 1.59. The van der Waals surface area contributed by atoms with Crippen LogP contribution in [-0.4, -0.2) is 36.4 Å². The summed E-state index contributed by atoms with van der Waals surface area (Å²) in [5.41, 5.74) is 0.128. The molecule has 0 saturated heterocycles. The van der Waals surface area contributed by atoms with E-state index in [0.717, 1.165) is 12.3 Å². The van der Waals surface area contributed by atoms with Crippen molar-refractivity contribution in [1.82, 2.24) is 15.6 Å². The van der Waals surface area contributed by atoms with Gasteiger partial charge in [0.25, 0.3) is 5.91 Å². The first-order valence-electron chi connectivity index (χ1n) is 6.52. The second-order valence-corrected chi connectivity index (χ2v) is 4.04. The minimum atomic E-state index is -0.583. The van der Waals surface area contributed by atoms with Crippen LogP contribution in [0.4, 0.5) is 10.2 Å². The normalized spacial score (nSPS) is 9.95. The summed E-state index contributed by atoms with van der Waals surface area (Å²) in [6.07, 6.45) is 1.22. The van der Waals surface area contributed by atoms with Crippen LogP contribution in [0.1, 0.15) is 30.6 Å². The molecule has 20 heavy (non-hydrogen) atoms. The first kappa shape index (κ1) is 15.9. The Kier molecular flexibility index (Phi) is 6.42. The average molecular weight is 282 g/mol. The zero-order valence-electron chi connectivity index (χ0n) is 11.6. The molecule has 110 valence electrons. The van der Waals surface area contributed by atoms with Gasteiger partial charge in [-0.05, 0) is 19.9 Å². The van der Waals surface area contributed by atoms with E-state index in [0.29, 0.717) is 18.9 Å². The predicted molar refractivity (Wildman–Crippen MR) is 74.0 cm³/mol. The van der Waals surface area contributed by atoms with Crippen molar-refractivity contribution in [2.75, 3.05) is 25.0 Å². The summed E-state index contributed by atoms with van der Waals surface area (Å²) in [4.78, 5) is 27.0. The standard InChI is InChI=1S/C13H19FN4O2/c1-3-15-11(19)5-6-17-13(20)10-7-9(14)8-18-12(10)16-4-2/h7-8H,3-6H2,1-2H3,(H,15,19)(H,16,18)(H,17,20).